The van der Waals surface area contributed by atoms with E-state index in [4.69, 9.17) is 14.2 Å². The van der Waals surface area contributed by atoms with E-state index in [1.807, 2.05) is 13.8 Å². The summed E-state index contributed by atoms with van der Waals surface area (Å²) in [5.41, 5.74) is 0. The quantitative estimate of drug-likeness (QED) is 0.526. The Morgan fingerprint density at radius 1 is 1.18 bits per heavy atom. The van der Waals surface area contributed by atoms with Gasteiger partial charge in [0.2, 0.25) is 0 Å². The number of ether oxygens (including phenoxy) is 3. The largest absolute Gasteiger partial charge is 0.376 e. The van der Waals surface area contributed by atoms with Crippen molar-refractivity contribution in [2.75, 3.05) is 26.4 Å². The van der Waals surface area contributed by atoms with Crippen LogP contribution in [0.15, 0.2) is 0 Å². The second kappa shape index (κ2) is 7.98. The summed E-state index contributed by atoms with van der Waals surface area (Å²) >= 11 is 0. The maximum Gasteiger partial charge on any atom is 0.180 e. The standard InChI is InChI=1S/C8H17O3/c1-4-9-7-8(10-5-2)11-6-3/h8H,2,4-7H2,1,3H3. The molecule has 0 fully saturated rings. The van der Waals surface area contributed by atoms with Crippen LogP contribution in [0.5, 0.6) is 0 Å². The minimum Gasteiger partial charge on any atom is -0.376 e. The summed E-state index contributed by atoms with van der Waals surface area (Å²) < 4.78 is 15.4. The first-order valence-electron chi connectivity index (χ1n) is 3.95. The molecule has 0 aliphatic heterocycles. The number of hydrogen-bond donors (Lipinski definition) is 0. The maximum atomic E-state index is 5.20. The van der Waals surface area contributed by atoms with E-state index in [0.717, 1.165) is 0 Å². The predicted molar refractivity (Wildman–Crippen MR) is 43.2 cm³/mol. The van der Waals surface area contributed by atoms with Crippen LogP contribution < -0.4 is 0 Å². The van der Waals surface area contributed by atoms with Crippen LogP contribution in [0.2, 0.25) is 0 Å². The lowest BCUT2D eigenvalue weighted by atomic mass is 10.6. The molecule has 0 saturated carbocycles. The monoisotopic (exact) mass is 161 g/mol. The van der Waals surface area contributed by atoms with E-state index in [1.54, 1.807) is 0 Å². The predicted octanol–water partition coefficient (Wildman–Crippen LogP) is 1.24. The van der Waals surface area contributed by atoms with Gasteiger partial charge in [-0.2, -0.15) is 0 Å². The maximum absolute atomic E-state index is 5.20. The van der Waals surface area contributed by atoms with Gasteiger partial charge in [-0.15, -0.1) is 0 Å². The van der Waals surface area contributed by atoms with Crippen molar-refractivity contribution in [3.8, 4) is 0 Å². The van der Waals surface area contributed by atoms with E-state index in [0.29, 0.717) is 26.4 Å². The minimum absolute atomic E-state index is 0.252. The number of rotatable bonds is 7. The van der Waals surface area contributed by atoms with Gasteiger partial charge in [-0.1, -0.05) is 0 Å². The first-order chi connectivity index (χ1) is 5.35. The van der Waals surface area contributed by atoms with Crippen LogP contribution in [0, 0.1) is 6.92 Å². The van der Waals surface area contributed by atoms with Gasteiger partial charge in [-0.05, 0) is 20.8 Å². The lowest BCUT2D eigenvalue weighted by Crippen LogP contribution is -2.23. The first kappa shape index (κ1) is 10.9. The topological polar surface area (TPSA) is 27.7 Å². The summed E-state index contributed by atoms with van der Waals surface area (Å²) in [5.74, 6) is 0. The molecule has 0 N–H and O–H groups in total. The molecule has 0 heterocycles. The Labute approximate surface area is 68.6 Å². The molecule has 0 aliphatic rings. The Morgan fingerprint density at radius 3 is 2.36 bits per heavy atom. The van der Waals surface area contributed by atoms with Gasteiger partial charge in [0.05, 0.1) is 6.61 Å². The molecule has 0 amide bonds. The lowest BCUT2D eigenvalue weighted by Gasteiger charge is -2.15. The zero-order valence-corrected chi connectivity index (χ0v) is 7.34. The van der Waals surface area contributed by atoms with E-state index < -0.39 is 0 Å². The third-order valence-electron chi connectivity index (χ3n) is 1.11. The van der Waals surface area contributed by atoms with E-state index in [-0.39, 0.29) is 6.29 Å². The summed E-state index contributed by atoms with van der Waals surface area (Å²) in [6.07, 6.45) is -0.252. The van der Waals surface area contributed by atoms with Crippen LogP contribution in [0.3, 0.4) is 0 Å². The van der Waals surface area contributed by atoms with Crippen LogP contribution in [0.25, 0.3) is 0 Å². The zero-order valence-electron chi connectivity index (χ0n) is 7.34. The zero-order chi connectivity index (χ0) is 8.53. The van der Waals surface area contributed by atoms with Crippen molar-refractivity contribution in [2.45, 2.75) is 20.1 Å². The third kappa shape index (κ3) is 6.28. The van der Waals surface area contributed by atoms with Gasteiger partial charge >= 0.3 is 0 Å². The normalized spacial score (nSPS) is 10.9. The molecule has 67 valence electrons. The fourth-order valence-electron chi connectivity index (χ4n) is 0.676. The fraction of sp³-hybridized carbons (Fsp3) is 0.875. The Bertz CT molecular complexity index is 69.7. The summed E-state index contributed by atoms with van der Waals surface area (Å²) in [7, 11) is 0. The summed E-state index contributed by atoms with van der Waals surface area (Å²) in [6.45, 7) is 9.64. The molecule has 0 bridgehead atoms. The van der Waals surface area contributed by atoms with Gasteiger partial charge in [-0.3, -0.25) is 0 Å². The van der Waals surface area contributed by atoms with Crippen molar-refractivity contribution in [3.63, 3.8) is 0 Å². The minimum atomic E-state index is -0.252. The van der Waals surface area contributed by atoms with E-state index in [2.05, 4.69) is 6.92 Å². The molecule has 3 nitrogen and oxygen atoms in total. The van der Waals surface area contributed by atoms with Crippen molar-refractivity contribution in [1.29, 1.82) is 0 Å². The molecule has 0 spiro atoms. The molecule has 3 heteroatoms. The highest BCUT2D eigenvalue weighted by atomic mass is 16.7. The molecule has 0 rings (SSSR count). The summed E-state index contributed by atoms with van der Waals surface area (Å²) in [4.78, 5) is 0. The average molecular weight is 161 g/mol. The SMILES string of the molecule is [CH2]COC(COCC)OCC. The molecule has 0 aliphatic carbocycles. The van der Waals surface area contributed by atoms with Gasteiger partial charge in [0.1, 0.15) is 0 Å². The van der Waals surface area contributed by atoms with Crippen molar-refractivity contribution < 1.29 is 14.2 Å². The van der Waals surface area contributed by atoms with Gasteiger partial charge in [0, 0.05) is 19.8 Å². The second-order valence-corrected chi connectivity index (χ2v) is 1.92. The third-order valence-corrected chi connectivity index (χ3v) is 1.11. The van der Waals surface area contributed by atoms with Crippen molar-refractivity contribution in [2.24, 2.45) is 0 Å². The van der Waals surface area contributed by atoms with E-state index >= 15 is 0 Å². The van der Waals surface area contributed by atoms with E-state index in [9.17, 15) is 0 Å². The van der Waals surface area contributed by atoms with Crippen LogP contribution >= 0.6 is 0 Å². The molecule has 11 heavy (non-hydrogen) atoms. The Kier molecular flexibility index (Phi) is 7.89. The molecule has 0 aromatic heterocycles. The van der Waals surface area contributed by atoms with Gasteiger partial charge in [0.25, 0.3) is 0 Å². The lowest BCUT2D eigenvalue weighted by molar-refractivity contribution is -0.163. The molecule has 1 radical (unpaired) electrons. The highest BCUT2D eigenvalue weighted by Gasteiger charge is 2.05. The highest BCUT2D eigenvalue weighted by Crippen LogP contribution is 1.95. The highest BCUT2D eigenvalue weighted by molar-refractivity contribution is 4.42. The Hall–Kier alpha value is -0.120. The molecule has 0 aromatic rings. The molecular weight excluding hydrogens is 144 g/mol. The molecule has 1 atom stereocenters. The van der Waals surface area contributed by atoms with Gasteiger partial charge < -0.3 is 14.2 Å². The summed E-state index contributed by atoms with van der Waals surface area (Å²) in [5, 5.41) is 0. The Morgan fingerprint density at radius 2 is 1.91 bits per heavy atom. The first-order valence-corrected chi connectivity index (χ1v) is 3.95. The average Bonchev–Trinajstić information content (AvgIpc) is 2.01. The molecular formula is C8H17O3. The van der Waals surface area contributed by atoms with Crippen molar-refractivity contribution in [1.82, 2.24) is 0 Å². The molecule has 0 aromatic carbocycles. The smallest absolute Gasteiger partial charge is 0.180 e. The fourth-order valence-corrected chi connectivity index (χ4v) is 0.676. The summed E-state index contributed by atoms with van der Waals surface area (Å²) in [6, 6.07) is 0. The Balaban J connectivity index is 3.34. The van der Waals surface area contributed by atoms with E-state index in [1.165, 1.54) is 0 Å². The molecule has 1 unspecified atom stereocenters. The van der Waals surface area contributed by atoms with Gasteiger partial charge in [-0.25, -0.2) is 0 Å². The second-order valence-electron chi connectivity index (χ2n) is 1.92. The number of hydrogen-bond acceptors (Lipinski definition) is 3. The van der Waals surface area contributed by atoms with Crippen LogP contribution in [0.4, 0.5) is 0 Å². The van der Waals surface area contributed by atoms with Gasteiger partial charge in [0.15, 0.2) is 6.29 Å². The van der Waals surface area contributed by atoms with Crippen LogP contribution in [-0.4, -0.2) is 32.7 Å². The van der Waals surface area contributed by atoms with Crippen LogP contribution in [0.1, 0.15) is 13.8 Å². The van der Waals surface area contributed by atoms with Crippen molar-refractivity contribution in [3.05, 3.63) is 6.92 Å². The van der Waals surface area contributed by atoms with Crippen molar-refractivity contribution >= 4 is 0 Å². The van der Waals surface area contributed by atoms with Crippen LogP contribution in [-0.2, 0) is 14.2 Å². The molecule has 0 saturated heterocycles.